The molecule has 0 saturated carbocycles. The standard InChI is InChI=1S/C20H26N2O3/c1-13-7-6-8-14(9-13)10-16-11-15(19(24)25-20(2,3)4)12-17(22-16)18(23)21-5/h6,8-9,11-13H,7,10H2,1-5H3,(H,21,23). The van der Waals surface area contributed by atoms with Crippen LogP contribution in [0.2, 0.25) is 0 Å². The van der Waals surface area contributed by atoms with Crippen LogP contribution < -0.4 is 5.32 Å². The van der Waals surface area contributed by atoms with E-state index in [1.807, 2.05) is 20.8 Å². The van der Waals surface area contributed by atoms with E-state index < -0.39 is 11.6 Å². The summed E-state index contributed by atoms with van der Waals surface area (Å²) in [6.45, 7) is 7.59. The van der Waals surface area contributed by atoms with Crippen LogP contribution in [0.5, 0.6) is 0 Å². The van der Waals surface area contributed by atoms with Crippen LogP contribution in [0.25, 0.3) is 0 Å². The van der Waals surface area contributed by atoms with Gasteiger partial charge in [-0.25, -0.2) is 9.78 Å². The molecule has 5 heteroatoms. The summed E-state index contributed by atoms with van der Waals surface area (Å²) in [6.07, 6.45) is 8.00. The minimum Gasteiger partial charge on any atom is -0.456 e. The lowest BCUT2D eigenvalue weighted by Gasteiger charge is -2.20. The molecule has 1 aromatic heterocycles. The van der Waals surface area contributed by atoms with Crippen molar-refractivity contribution >= 4 is 11.9 Å². The van der Waals surface area contributed by atoms with Gasteiger partial charge in [-0.2, -0.15) is 0 Å². The van der Waals surface area contributed by atoms with Gasteiger partial charge in [0.25, 0.3) is 5.91 Å². The molecule has 2 rings (SSSR count). The van der Waals surface area contributed by atoms with Crippen molar-refractivity contribution in [3.8, 4) is 0 Å². The first-order valence-electron chi connectivity index (χ1n) is 8.51. The summed E-state index contributed by atoms with van der Waals surface area (Å²) in [6, 6.07) is 3.18. The molecule has 1 aliphatic rings. The summed E-state index contributed by atoms with van der Waals surface area (Å²) in [5.41, 5.74) is 1.77. The second-order valence-corrected chi connectivity index (χ2v) is 7.35. The predicted octanol–water partition coefficient (Wildman–Crippen LogP) is 3.46. The fourth-order valence-electron chi connectivity index (χ4n) is 2.63. The molecule has 0 saturated heterocycles. The van der Waals surface area contributed by atoms with Crippen LogP contribution in [0.1, 0.15) is 60.7 Å². The van der Waals surface area contributed by atoms with Crippen LogP contribution in [0.4, 0.5) is 0 Å². The number of nitrogens with one attached hydrogen (secondary N) is 1. The molecular formula is C20H26N2O3. The molecule has 5 nitrogen and oxygen atoms in total. The molecule has 0 fully saturated rings. The molecular weight excluding hydrogens is 316 g/mol. The maximum Gasteiger partial charge on any atom is 0.338 e. The first kappa shape index (κ1) is 18.9. The van der Waals surface area contributed by atoms with Crippen molar-refractivity contribution in [1.29, 1.82) is 0 Å². The van der Waals surface area contributed by atoms with Crippen molar-refractivity contribution in [2.75, 3.05) is 7.05 Å². The van der Waals surface area contributed by atoms with Crippen molar-refractivity contribution in [2.45, 2.75) is 46.1 Å². The van der Waals surface area contributed by atoms with Crippen LogP contribution in [0.15, 0.2) is 35.9 Å². The van der Waals surface area contributed by atoms with E-state index in [4.69, 9.17) is 4.74 Å². The number of amides is 1. The Labute approximate surface area is 149 Å². The molecule has 0 spiro atoms. The maximum absolute atomic E-state index is 12.4. The number of carbonyl (C=O) groups excluding carboxylic acids is 2. The Morgan fingerprint density at radius 1 is 1.32 bits per heavy atom. The minimum atomic E-state index is -0.599. The zero-order chi connectivity index (χ0) is 18.6. The van der Waals surface area contributed by atoms with E-state index in [1.54, 1.807) is 6.07 Å². The number of esters is 1. The van der Waals surface area contributed by atoms with Crippen LogP contribution in [-0.2, 0) is 11.2 Å². The Hall–Kier alpha value is -2.43. The molecule has 0 aliphatic heterocycles. The lowest BCUT2D eigenvalue weighted by atomic mass is 9.95. The van der Waals surface area contributed by atoms with Crippen molar-refractivity contribution in [2.24, 2.45) is 5.92 Å². The Kier molecular flexibility index (Phi) is 5.77. The summed E-state index contributed by atoms with van der Waals surface area (Å²) in [4.78, 5) is 28.8. The molecule has 1 amide bonds. The molecule has 1 aromatic rings. The van der Waals surface area contributed by atoms with Crippen LogP contribution in [0, 0.1) is 5.92 Å². The highest BCUT2D eigenvalue weighted by atomic mass is 16.6. The van der Waals surface area contributed by atoms with Crippen molar-refractivity contribution in [3.63, 3.8) is 0 Å². The number of allylic oxidation sites excluding steroid dienone is 4. The van der Waals surface area contributed by atoms with Crippen LogP contribution in [0.3, 0.4) is 0 Å². The molecule has 1 unspecified atom stereocenters. The number of ether oxygens (including phenoxy) is 1. The van der Waals surface area contributed by atoms with Gasteiger partial charge >= 0.3 is 5.97 Å². The van der Waals surface area contributed by atoms with Gasteiger partial charge < -0.3 is 10.1 Å². The highest BCUT2D eigenvalue weighted by Gasteiger charge is 2.21. The number of pyridine rings is 1. The largest absolute Gasteiger partial charge is 0.456 e. The Morgan fingerprint density at radius 2 is 2.04 bits per heavy atom. The number of aromatic nitrogens is 1. The lowest BCUT2D eigenvalue weighted by Crippen LogP contribution is -2.25. The zero-order valence-electron chi connectivity index (χ0n) is 15.6. The van der Waals surface area contributed by atoms with Gasteiger partial charge in [-0.05, 0) is 50.8 Å². The quantitative estimate of drug-likeness (QED) is 0.851. The first-order valence-corrected chi connectivity index (χ1v) is 8.51. The fraction of sp³-hybridized carbons (Fsp3) is 0.450. The maximum atomic E-state index is 12.4. The van der Waals surface area contributed by atoms with E-state index >= 15 is 0 Å². The molecule has 1 N–H and O–H groups in total. The third-order valence-corrected chi connectivity index (χ3v) is 3.70. The van der Waals surface area contributed by atoms with Crippen molar-refractivity contribution in [1.82, 2.24) is 10.3 Å². The topological polar surface area (TPSA) is 68.3 Å². The zero-order valence-corrected chi connectivity index (χ0v) is 15.6. The van der Waals surface area contributed by atoms with E-state index in [0.717, 1.165) is 12.0 Å². The van der Waals surface area contributed by atoms with Gasteiger partial charge in [0.2, 0.25) is 0 Å². The second kappa shape index (κ2) is 7.64. The number of carbonyl (C=O) groups is 2. The van der Waals surface area contributed by atoms with Gasteiger partial charge in [0, 0.05) is 19.2 Å². The SMILES string of the molecule is CNC(=O)c1cc(C(=O)OC(C)(C)C)cc(CC2=CC(C)CC=C2)n1. The van der Waals surface area contributed by atoms with Gasteiger partial charge in [0.1, 0.15) is 11.3 Å². The average Bonchev–Trinajstić information content (AvgIpc) is 2.52. The predicted molar refractivity (Wildman–Crippen MR) is 97.5 cm³/mol. The Balaban J connectivity index is 2.35. The molecule has 0 radical (unpaired) electrons. The van der Waals surface area contributed by atoms with E-state index in [1.165, 1.54) is 13.1 Å². The molecule has 0 aromatic carbocycles. The van der Waals surface area contributed by atoms with Gasteiger partial charge in [-0.1, -0.05) is 25.2 Å². The minimum absolute atomic E-state index is 0.217. The first-order chi connectivity index (χ1) is 11.7. The van der Waals surface area contributed by atoms with E-state index in [9.17, 15) is 9.59 Å². The second-order valence-electron chi connectivity index (χ2n) is 7.35. The van der Waals surface area contributed by atoms with E-state index in [0.29, 0.717) is 23.6 Å². The number of hydrogen-bond donors (Lipinski definition) is 1. The molecule has 25 heavy (non-hydrogen) atoms. The Morgan fingerprint density at radius 3 is 2.64 bits per heavy atom. The summed E-state index contributed by atoms with van der Waals surface area (Å²) >= 11 is 0. The lowest BCUT2D eigenvalue weighted by molar-refractivity contribution is 0.00692. The number of hydrogen-bond acceptors (Lipinski definition) is 4. The molecule has 1 atom stereocenters. The average molecular weight is 342 g/mol. The van der Waals surface area contributed by atoms with Gasteiger partial charge in [0.15, 0.2) is 0 Å². The summed E-state index contributed by atoms with van der Waals surface area (Å²) in [7, 11) is 1.54. The number of rotatable bonds is 4. The van der Waals surface area contributed by atoms with Gasteiger partial charge in [0.05, 0.1) is 5.56 Å². The normalized spacial score (nSPS) is 17.0. The molecule has 1 heterocycles. The van der Waals surface area contributed by atoms with E-state index in [2.05, 4.69) is 35.5 Å². The van der Waals surface area contributed by atoms with Crippen molar-refractivity contribution < 1.29 is 14.3 Å². The molecule has 1 aliphatic carbocycles. The van der Waals surface area contributed by atoms with Crippen LogP contribution >= 0.6 is 0 Å². The van der Waals surface area contributed by atoms with Gasteiger partial charge in [-0.15, -0.1) is 0 Å². The van der Waals surface area contributed by atoms with Crippen molar-refractivity contribution in [3.05, 3.63) is 52.9 Å². The number of nitrogens with zero attached hydrogens (tertiary/aromatic N) is 1. The van der Waals surface area contributed by atoms with Gasteiger partial charge in [-0.3, -0.25) is 4.79 Å². The summed E-state index contributed by atoms with van der Waals surface area (Å²) < 4.78 is 5.43. The molecule has 0 bridgehead atoms. The van der Waals surface area contributed by atoms with Crippen LogP contribution in [-0.4, -0.2) is 29.5 Å². The molecule has 134 valence electrons. The Bertz CT molecular complexity index is 727. The van der Waals surface area contributed by atoms with E-state index in [-0.39, 0.29) is 11.6 Å². The third kappa shape index (κ3) is 5.55. The highest BCUT2D eigenvalue weighted by Crippen LogP contribution is 2.20. The smallest absolute Gasteiger partial charge is 0.338 e. The fourth-order valence-corrected chi connectivity index (χ4v) is 2.63. The summed E-state index contributed by atoms with van der Waals surface area (Å²) in [5.74, 6) is -0.302. The third-order valence-electron chi connectivity index (χ3n) is 3.70. The highest BCUT2D eigenvalue weighted by molar-refractivity contribution is 5.96. The summed E-state index contributed by atoms with van der Waals surface area (Å²) in [5, 5.41) is 2.55. The monoisotopic (exact) mass is 342 g/mol.